The molecular weight excluding hydrogens is 508 g/mol. The zero-order chi connectivity index (χ0) is 27.4. The van der Waals surface area contributed by atoms with E-state index in [1.54, 1.807) is 0 Å². The zero-order valence-corrected chi connectivity index (χ0v) is 22.8. The van der Waals surface area contributed by atoms with Crippen molar-refractivity contribution in [1.82, 2.24) is 0 Å². The molecule has 7 aromatic rings. The first-order chi connectivity index (χ1) is 20.8. The molecule has 0 saturated heterocycles. The largest absolute Gasteiger partial charge is 0.456 e. The highest BCUT2D eigenvalue weighted by Gasteiger charge is 2.51. The normalized spacial score (nSPS) is 14.1. The van der Waals surface area contributed by atoms with E-state index in [0.29, 0.717) is 0 Å². The standard InChI is InChI=1S/C41H24O/c1-5-17-33-28(12-1)29-13-2-6-18-34(29)41(33)35-19-7-3-15-31(35)40-27(16-10-20-36(40)41)26-23-25-11-9-22-38-39(25)32(24-26)30-14-4-8-21-37(30)42-38/h1-24H. The lowest BCUT2D eigenvalue weighted by Gasteiger charge is -2.30. The predicted molar refractivity (Wildman–Crippen MR) is 171 cm³/mol. The number of fused-ring (bicyclic) bond motifs is 12. The van der Waals surface area contributed by atoms with Gasteiger partial charge in [0, 0.05) is 10.9 Å². The van der Waals surface area contributed by atoms with E-state index in [4.69, 9.17) is 4.74 Å². The molecule has 0 bridgehead atoms. The molecule has 0 aromatic heterocycles. The highest BCUT2D eigenvalue weighted by molar-refractivity contribution is 6.08. The molecular formula is C41H24O. The van der Waals surface area contributed by atoms with Gasteiger partial charge in [0.15, 0.2) is 0 Å². The summed E-state index contributed by atoms with van der Waals surface area (Å²) < 4.78 is 6.35. The number of ether oxygens (including phenoxy) is 1. The first-order valence-electron chi connectivity index (χ1n) is 14.6. The Morgan fingerprint density at radius 1 is 0.381 bits per heavy atom. The second-order valence-corrected chi connectivity index (χ2v) is 11.6. The van der Waals surface area contributed by atoms with Gasteiger partial charge in [0.1, 0.15) is 11.5 Å². The molecule has 0 atom stereocenters. The maximum Gasteiger partial charge on any atom is 0.135 e. The summed E-state index contributed by atoms with van der Waals surface area (Å²) in [6.45, 7) is 0. The molecule has 1 aliphatic heterocycles. The maximum atomic E-state index is 6.35. The Morgan fingerprint density at radius 2 is 0.929 bits per heavy atom. The molecule has 7 aromatic carbocycles. The number of hydrogen-bond acceptors (Lipinski definition) is 1. The van der Waals surface area contributed by atoms with E-state index in [2.05, 4.69) is 140 Å². The van der Waals surface area contributed by atoms with Crippen molar-refractivity contribution in [2.24, 2.45) is 0 Å². The van der Waals surface area contributed by atoms with E-state index < -0.39 is 0 Å². The maximum absolute atomic E-state index is 6.35. The summed E-state index contributed by atoms with van der Waals surface area (Å²) in [6, 6.07) is 53.5. The van der Waals surface area contributed by atoms with Gasteiger partial charge in [-0.25, -0.2) is 0 Å². The second-order valence-electron chi connectivity index (χ2n) is 11.6. The minimum Gasteiger partial charge on any atom is -0.456 e. The van der Waals surface area contributed by atoms with Crippen molar-refractivity contribution in [2.45, 2.75) is 5.41 Å². The van der Waals surface area contributed by atoms with Gasteiger partial charge >= 0.3 is 0 Å². The summed E-state index contributed by atoms with van der Waals surface area (Å²) in [4.78, 5) is 0. The van der Waals surface area contributed by atoms with Gasteiger partial charge < -0.3 is 4.74 Å². The van der Waals surface area contributed by atoms with Crippen LogP contribution < -0.4 is 4.74 Å². The first kappa shape index (κ1) is 22.3. The van der Waals surface area contributed by atoms with E-state index in [-0.39, 0.29) is 5.41 Å². The van der Waals surface area contributed by atoms with Crippen molar-refractivity contribution in [2.75, 3.05) is 0 Å². The van der Waals surface area contributed by atoms with Crippen LogP contribution in [-0.4, -0.2) is 0 Å². The molecule has 1 heteroatoms. The molecule has 1 nitrogen and oxygen atoms in total. The van der Waals surface area contributed by atoms with Crippen LogP contribution in [0.4, 0.5) is 0 Å². The predicted octanol–water partition coefficient (Wildman–Crippen LogP) is 10.6. The first-order valence-corrected chi connectivity index (χ1v) is 14.6. The fourth-order valence-electron chi connectivity index (χ4n) is 8.13. The van der Waals surface area contributed by atoms with Gasteiger partial charge in [-0.15, -0.1) is 0 Å². The zero-order valence-electron chi connectivity index (χ0n) is 22.8. The highest BCUT2D eigenvalue weighted by Crippen LogP contribution is 2.64. The molecule has 0 amide bonds. The Balaban J connectivity index is 1.32. The van der Waals surface area contributed by atoms with E-state index in [1.807, 2.05) is 6.07 Å². The molecule has 10 rings (SSSR count). The molecule has 1 spiro atoms. The van der Waals surface area contributed by atoms with Crippen molar-refractivity contribution < 1.29 is 4.74 Å². The molecule has 0 radical (unpaired) electrons. The average Bonchev–Trinajstić information content (AvgIpc) is 3.52. The Kier molecular flexibility index (Phi) is 4.18. The number of para-hydroxylation sites is 1. The lowest BCUT2D eigenvalue weighted by molar-refractivity contribution is 0.487. The van der Waals surface area contributed by atoms with Gasteiger partial charge in [-0.1, -0.05) is 121 Å². The van der Waals surface area contributed by atoms with Crippen molar-refractivity contribution in [3.8, 4) is 56.0 Å². The second kappa shape index (κ2) is 7.87. The van der Waals surface area contributed by atoms with Gasteiger partial charge in [-0.3, -0.25) is 0 Å². The lowest BCUT2D eigenvalue weighted by atomic mass is 9.70. The van der Waals surface area contributed by atoms with Crippen molar-refractivity contribution in [3.05, 3.63) is 168 Å². The van der Waals surface area contributed by atoms with Crippen molar-refractivity contribution in [1.29, 1.82) is 0 Å². The monoisotopic (exact) mass is 532 g/mol. The fraction of sp³-hybridized carbons (Fsp3) is 0.0244. The highest BCUT2D eigenvalue weighted by atomic mass is 16.5. The van der Waals surface area contributed by atoms with Crippen LogP contribution in [0.3, 0.4) is 0 Å². The summed E-state index contributed by atoms with van der Waals surface area (Å²) in [6.07, 6.45) is 0. The van der Waals surface area contributed by atoms with Crippen molar-refractivity contribution in [3.63, 3.8) is 0 Å². The quantitative estimate of drug-likeness (QED) is 0.204. The van der Waals surface area contributed by atoms with E-state index in [9.17, 15) is 0 Å². The Hall–Kier alpha value is -5.40. The van der Waals surface area contributed by atoms with Crippen LogP contribution in [0, 0.1) is 0 Å². The average molecular weight is 533 g/mol. The molecule has 2 aliphatic carbocycles. The summed E-state index contributed by atoms with van der Waals surface area (Å²) in [5.74, 6) is 1.84. The molecule has 0 fully saturated rings. The van der Waals surface area contributed by atoms with E-state index >= 15 is 0 Å². The van der Waals surface area contributed by atoms with Crippen LogP contribution in [0.2, 0.25) is 0 Å². The minimum absolute atomic E-state index is 0.339. The van der Waals surface area contributed by atoms with Crippen molar-refractivity contribution >= 4 is 10.8 Å². The lowest BCUT2D eigenvalue weighted by Crippen LogP contribution is -2.25. The van der Waals surface area contributed by atoms with E-state index in [1.165, 1.54) is 72.0 Å². The third kappa shape index (κ3) is 2.60. The summed E-state index contributed by atoms with van der Waals surface area (Å²) in [5, 5.41) is 2.38. The summed E-state index contributed by atoms with van der Waals surface area (Å²) in [7, 11) is 0. The van der Waals surface area contributed by atoms with Gasteiger partial charge in [-0.2, -0.15) is 0 Å². The van der Waals surface area contributed by atoms with Crippen LogP contribution in [-0.2, 0) is 5.41 Å². The van der Waals surface area contributed by atoms with Gasteiger partial charge in [0.2, 0.25) is 0 Å². The van der Waals surface area contributed by atoms with Gasteiger partial charge in [0.25, 0.3) is 0 Å². The minimum atomic E-state index is -0.339. The number of rotatable bonds is 1. The van der Waals surface area contributed by atoms with Crippen LogP contribution in [0.1, 0.15) is 22.3 Å². The summed E-state index contributed by atoms with van der Waals surface area (Å²) >= 11 is 0. The molecule has 42 heavy (non-hydrogen) atoms. The molecule has 0 unspecified atom stereocenters. The van der Waals surface area contributed by atoms with Gasteiger partial charge in [0.05, 0.1) is 5.41 Å². The molecule has 0 saturated carbocycles. The molecule has 1 heterocycles. The topological polar surface area (TPSA) is 9.23 Å². The number of benzene rings is 7. The van der Waals surface area contributed by atoms with Gasteiger partial charge in [-0.05, 0) is 90.8 Å². The van der Waals surface area contributed by atoms with Crippen LogP contribution in [0.25, 0.3) is 55.3 Å². The van der Waals surface area contributed by atoms with E-state index in [0.717, 1.165) is 17.1 Å². The fourth-order valence-corrected chi connectivity index (χ4v) is 8.13. The Bertz CT molecular complexity index is 2240. The summed E-state index contributed by atoms with van der Waals surface area (Å²) in [5.41, 5.74) is 15.3. The molecule has 3 aliphatic rings. The third-order valence-corrected chi connectivity index (χ3v) is 9.67. The van der Waals surface area contributed by atoms with Crippen LogP contribution >= 0.6 is 0 Å². The smallest absolute Gasteiger partial charge is 0.135 e. The molecule has 0 N–H and O–H groups in total. The van der Waals surface area contributed by atoms with Crippen LogP contribution in [0.5, 0.6) is 11.5 Å². The Morgan fingerprint density at radius 3 is 1.69 bits per heavy atom. The number of hydrogen-bond donors (Lipinski definition) is 0. The SMILES string of the molecule is c1ccc2c(c1)Oc1cccc3cc(-c4cccc5c4-c4ccccc4C54c5ccccc5-c5ccccc54)cc-2c13. The Labute approximate surface area is 244 Å². The van der Waals surface area contributed by atoms with Crippen LogP contribution in [0.15, 0.2) is 146 Å². The molecule has 194 valence electrons. The third-order valence-electron chi connectivity index (χ3n) is 9.67.